The van der Waals surface area contributed by atoms with E-state index in [1.807, 2.05) is 32.0 Å². The lowest BCUT2D eigenvalue weighted by molar-refractivity contribution is -0.115. The van der Waals surface area contributed by atoms with Crippen LogP contribution in [0.4, 0.5) is 5.00 Å². The Morgan fingerprint density at radius 1 is 1.30 bits per heavy atom. The summed E-state index contributed by atoms with van der Waals surface area (Å²) in [5, 5.41) is 16.0. The van der Waals surface area contributed by atoms with Crippen LogP contribution in [0, 0.1) is 25.2 Å². The molecule has 0 radical (unpaired) electrons. The van der Waals surface area contributed by atoms with Crippen LogP contribution >= 0.6 is 11.3 Å². The van der Waals surface area contributed by atoms with E-state index >= 15 is 0 Å². The maximum absolute atomic E-state index is 12.2. The zero-order valence-corrected chi connectivity index (χ0v) is 14.5. The summed E-state index contributed by atoms with van der Waals surface area (Å²) >= 11 is 1.45. The van der Waals surface area contributed by atoms with Crippen molar-refractivity contribution in [3.8, 4) is 6.07 Å². The van der Waals surface area contributed by atoms with E-state index in [0.29, 0.717) is 10.6 Å². The van der Waals surface area contributed by atoms with Gasteiger partial charge in [-0.25, -0.2) is 0 Å². The molecule has 5 heteroatoms. The SMILES string of the molecule is CCC(NCC(=O)Nc1sc(C)c(C)c1C#N)c1ccccc1. The third kappa shape index (κ3) is 4.19. The van der Waals surface area contributed by atoms with E-state index in [-0.39, 0.29) is 18.5 Å². The molecule has 1 atom stereocenters. The molecule has 0 fully saturated rings. The first-order chi connectivity index (χ1) is 11.1. The lowest BCUT2D eigenvalue weighted by atomic mass is 10.0. The van der Waals surface area contributed by atoms with Crippen LogP contribution in [-0.4, -0.2) is 12.5 Å². The van der Waals surface area contributed by atoms with Crippen molar-refractivity contribution in [3.63, 3.8) is 0 Å². The van der Waals surface area contributed by atoms with Crippen LogP contribution in [0.3, 0.4) is 0 Å². The van der Waals surface area contributed by atoms with Gasteiger partial charge in [0, 0.05) is 10.9 Å². The molecule has 2 N–H and O–H groups in total. The first-order valence-electron chi connectivity index (χ1n) is 7.65. The van der Waals surface area contributed by atoms with E-state index in [1.54, 1.807) is 0 Å². The van der Waals surface area contributed by atoms with Gasteiger partial charge in [-0.2, -0.15) is 5.26 Å². The second kappa shape index (κ2) is 7.91. The van der Waals surface area contributed by atoms with Gasteiger partial charge in [-0.15, -0.1) is 11.3 Å². The Kier molecular flexibility index (Phi) is 5.91. The van der Waals surface area contributed by atoms with Crippen LogP contribution in [0.2, 0.25) is 0 Å². The maximum Gasteiger partial charge on any atom is 0.238 e. The fraction of sp³-hybridized carbons (Fsp3) is 0.333. The highest BCUT2D eigenvalue weighted by molar-refractivity contribution is 7.16. The van der Waals surface area contributed by atoms with Gasteiger partial charge in [-0.1, -0.05) is 37.3 Å². The minimum atomic E-state index is -0.128. The number of nitrogens with zero attached hydrogens (tertiary/aromatic N) is 1. The Morgan fingerprint density at radius 3 is 2.61 bits per heavy atom. The Bertz CT molecular complexity index is 716. The summed E-state index contributed by atoms with van der Waals surface area (Å²) in [6.45, 7) is 6.16. The largest absolute Gasteiger partial charge is 0.315 e. The van der Waals surface area contributed by atoms with Gasteiger partial charge in [0.25, 0.3) is 0 Å². The Labute approximate surface area is 141 Å². The molecule has 1 amide bonds. The number of thiophene rings is 1. The number of hydrogen-bond donors (Lipinski definition) is 2. The van der Waals surface area contributed by atoms with Crippen molar-refractivity contribution >= 4 is 22.2 Å². The van der Waals surface area contributed by atoms with E-state index in [1.165, 1.54) is 16.9 Å². The molecule has 0 saturated carbocycles. The van der Waals surface area contributed by atoms with Crippen LogP contribution in [0.5, 0.6) is 0 Å². The second-order valence-electron chi connectivity index (χ2n) is 5.40. The molecule has 0 bridgehead atoms. The maximum atomic E-state index is 12.2. The number of nitriles is 1. The normalized spacial score (nSPS) is 11.7. The van der Waals surface area contributed by atoms with Crippen molar-refractivity contribution in [3.05, 3.63) is 51.9 Å². The summed E-state index contributed by atoms with van der Waals surface area (Å²) in [5.74, 6) is -0.128. The quantitative estimate of drug-likeness (QED) is 0.845. The first-order valence-corrected chi connectivity index (χ1v) is 8.46. The average Bonchev–Trinajstić information content (AvgIpc) is 2.82. The number of benzene rings is 1. The van der Waals surface area contributed by atoms with Gasteiger partial charge in [0.2, 0.25) is 5.91 Å². The highest BCUT2D eigenvalue weighted by Gasteiger charge is 2.15. The number of carbonyl (C=O) groups is 1. The number of nitrogens with one attached hydrogen (secondary N) is 2. The van der Waals surface area contributed by atoms with Crippen molar-refractivity contribution in [1.82, 2.24) is 5.32 Å². The number of aryl methyl sites for hydroxylation is 1. The molecule has 23 heavy (non-hydrogen) atoms. The van der Waals surface area contributed by atoms with Crippen molar-refractivity contribution in [1.29, 1.82) is 5.26 Å². The van der Waals surface area contributed by atoms with E-state index in [9.17, 15) is 10.1 Å². The lowest BCUT2D eigenvalue weighted by Crippen LogP contribution is -2.31. The number of rotatable bonds is 6. The van der Waals surface area contributed by atoms with Gasteiger partial charge < -0.3 is 10.6 Å². The van der Waals surface area contributed by atoms with E-state index < -0.39 is 0 Å². The highest BCUT2D eigenvalue weighted by Crippen LogP contribution is 2.31. The van der Waals surface area contributed by atoms with Crippen molar-refractivity contribution < 1.29 is 4.79 Å². The van der Waals surface area contributed by atoms with Gasteiger partial charge in [0.05, 0.1) is 12.1 Å². The highest BCUT2D eigenvalue weighted by atomic mass is 32.1. The summed E-state index contributed by atoms with van der Waals surface area (Å²) in [5.41, 5.74) is 2.68. The zero-order valence-electron chi connectivity index (χ0n) is 13.6. The zero-order chi connectivity index (χ0) is 16.8. The molecule has 120 valence electrons. The predicted octanol–water partition coefficient (Wildman–Crippen LogP) is 3.92. The third-order valence-corrected chi connectivity index (χ3v) is 4.99. The summed E-state index contributed by atoms with van der Waals surface area (Å²) in [6.07, 6.45) is 0.901. The smallest absolute Gasteiger partial charge is 0.238 e. The number of hydrogen-bond acceptors (Lipinski definition) is 4. The minimum Gasteiger partial charge on any atom is -0.315 e. The Hall–Kier alpha value is -2.16. The number of amides is 1. The number of anilines is 1. The summed E-state index contributed by atoms with van der Waals surface area (Å²) in [4.78, 5) is 13.2. The standard InChI is InChI=1S/C18H21N3OS/c1-4-16(14-8-6-5-7-9-14)20-11-17(22)21-18-15(10-19)12(2)13(3)23-18/h5-9,16,20H,4,11H2,1-3H3,(H,21,22). The minimum absolute atomic E-state index is 0.128. The van der Waals surface area contributed by atoms with Gasteiger partial charge in [0.1, 0.15) is 11.1 Å². The summed E-state index contributed by atoms with van der Waals surface area (Å²) in [7, 11) is 0. The third-order valence-electron chi connectivity index (χ3n) is 3.87. The Morgan fingerprint density at radius 2 is 2.00 bits per heavy atom. The molecule has 0 aliphatic rings. The molecular weight excluding hydrogens is 306 g/mol. The van der Waals surface area contributed by atoms with Crippen LogP contribution < -0.4 is 10.6 Å². The monoisotopic (exact) mass is 327 g/mol. The topological polar surface area (TPSA) is 64.9 Å². The first kappa shape index (κ1) is 17.2. The van der Waals surface area contributed by atoms with Gasteiger partial charge in [0.15, 0.2) is 0 Å². The van der Waals surface area contributed by atoms with Gasteiger partial charge >= 0.3 is 0 Å². The van der Waals surface area contributed by atoms with Gasteiger partial charge in [-0.3, -0.25) is 4.79 Å². The fourth-order valence-electron chi connectivity index (χ4n) is 2.42. The summed E-state index contributed by atoms with van der Waals surface area (Å²) < 4.78 is 0. The molecule has 1 heterocycles. The molecule has 2 rings (SSSR count). The van der Waals surface area contributed by atoms with E-state index in [0.717, 1.165) is 16.9 Å². The van der Waals surface area contributed by atoms with Crippen LogP contribution in [0.15, 0.2) is 30.3 Å². The fourth-order valence-corrected chi connectivity index (χ4v) is 3.45. The molecule has 1 aromatic carbocycles. The van der Waals surface area contributed by atoms with Crippen molar-refractivity contribution in [2.24, 2.45) is 0 Å². The van der Waals surface area contributed by atoms with E-state index in [2.05, 4.69) is 35.8 Å². The molecule has 0 aliphatic carbocycles. The van der Waals surface area contributed by atoms with E-state index in [4.69, 9.17) is 0 Å². The molecule has 1 aromatic heterocycles. The molecule has 2 aromatic rings. The van der Waals surface area contributed by atoms with Crippen molar-refractivity contribution in [2.75, 3.05) is 11.9 Å². The lowest BCUT2D eigenvalue weighted by Gasteiger charge is -2.17. The van der Waals surface area contributed by atoms with Gasteiger partial charge in [-0.05, 0) is 31.4 Å². The average molecular weight is 327 g/mol. The van der Waals surface area contributed by atoms with Crippen LogP contribution in [0.1, 0.15) is 41.0 Å². The Balaban J connectivity index is 1.98. The molecule has 0 aliphatic heterocycles. The van der Waals surface area contributed by atoms with Crippen LogP contribution in [0.25, 0.3) is 0 Å². The molecule has 4 nitrogen and oxygen atoms in total. The van der Waals surface area contributed by atoms with Crippen LogP contribution in [-0.2, 0) is 4.79 Å². The number of carbonyl (C=O) groups excluding carboxylic acids is 1. The molecule has 0 saturated heterocycles. The second-order valence-corrected chi connectivity index (χ2v) is 6.62. The molecule has 0 spiro atoms. The summed E-state index contributed by atoms with van der Waals surface area (Å²) in [6, 6.07) is 12.4. The molecule has 1 unspecified atom stereocenters. The van der Waals surface area contributed by atoms with Crippen molar-refractivity contribution in [2.45, 2.75) is 33.2 Å². The molecular formula is C18H21N3OS. The predicted molar refractivity (Wildman–Crippen MR) is 94.6 cm³/mol.